The molecule has 1 heterocycles. The zero-order valence-electron chi connectivity index (χ0n) is 18.6. The van der Waals surface area contributed by atoms with Crippen LogP contribution < -0.4 is 26.2 Å². The molecule has 0 aromatic heterocycles. The Hall–Kier alpha value is -3.65. The molecule has 2 atom stereocenters. The number of ether oxygens (including phenoxy) is 1. The minimum atomic E-state index is -0.623. The second kappa shape index (κ2) is 9.46. The lowest BCUT2D eigenvalue weighted by molar-refractivity contribution is 0.0761. The number of anilines is 3. The number of rotatable bonds is 8. The average Bonchev–Trinajstić information content (AvgIpc) is 3.29. The van der Waals surface area contributed by atoms with Gasteiger partial charge in [-0.25, -0.2) is 0 Å². The summed E-state index contributed by atoms with van der Waals surface area (Å²) in [5.74, 6) is 0.0171. The van der Waals surface area contributed by atoms with Crippen molar-refractivity contribution in [1.82, 2.24) is 4.90 Å². The zero-order chi connectivity index (χ0) is 23.5. The Morgan fingerprint density at radius 1 is 1.12 bits per heavy atom. The maximum atomic E-state index is 13.0. The van der Waals surface area contributed by atoms with Gasteiger partial charge in [-0.15, -0.1) is 0 Å². The van der Waals surface area contributed by atoms with E-state index in [9.17, 15) is 19.5 Å². The number of nitrogens with one attached hydrogen (secondary N) is 2. The van der Waals surface area contributed by atoms with Gasteiger partial charge in [-0.3, -0.25) is 14.4 Å². The molecule has 0 spiro atoms. The van der Waals surface area contributed by atoms with Gasteiger partial charge in [-0.05, 0) is 30.5 Å². The Labute approximate surface area is 191 Å². The molecule has 0 unspecified atom stereocenters. The zero-order valence-corrected chi connectivity index (χ0v) is 18.6. The first kappa shape index (κ1) is 22.5. The van der Waals surface area contributed by atoms with Gasteiger partial charge in [0.2, 0.25) is 0 Å². The lowest BCUT2D eigenvalue weighted by atomic mass is 10.0. The minimum absolute atomic E-state index is 0.133. The quantitative estimate of drug-likeness (QED) is 0.454. The SMILES string of the molecule is CC[C@@H](Nc1c(Nc2cccc(C(=O)N3CC[C@H](O)C3)c2OC)c(=O)c1=O)c1ccccc1. The van der Waals surface area contributed by atoms with Crippen molar-refractivity contribution in [3.8, 4) is 5.75 Å². The standard InChI is InChI=1S/C25H27N3O5/c1-3-18(15-8-5-4-6-9-15)26-20-21(23(31)22(20)30)27-19-11-7-10-17(24(19)33-2)25(32)28-13-12-16(29)14-28/h4-11,16,18,26-27,29H,3,12-14H2,1-2H3/t16-,18+/m0/s1. The first-order valence-electron chi connectivity index (χ1n) is 11.0. The first-order chi connectivity index (χ1) is 15.9. The van der Waals surface area contributed by atoms with Gasteiger partial charge in [0.1, 0.15) is 11.4 Å². The summed E-state index contributed by atoms with van der Waals surface area (Å²) in [6.07, 6.45) is 0.719. The molecule has 8 nitrogen and oxygen atoms in total. The van der Waals surface area contributed by atoms with Crippen LogP contribution in [0, 0.1) is 0 Å². The maximum Gasteiger partial charge on any atom is 0.257 e. The van der Waals surface area contributed by atoms with E-state index in [-0.39, 0.29) is 35.6 Å². The monoisotopic (exact) mass is 449 g/mol. The molecule has 1 amide bonds. The van der Waals surface area contributed by atoms with Crippen molar-refractivity contribution in [1.29, 1.82) is 0 Å². The highest BCUT2D eigenvalue weighted by Crippen LogP contribution is 2.34. The van der Waals surface area contributed by atoms with E-state index >= 15 is 0 Å². The number of aliphatic hydroxyl groups is 1. The highest BCUT2D eigenvalue weighted by molar-refractivity contribution is 5.99. The molecule has 3 aromatic carbocycles. The summed E-state index contributed by atoms with van der Waals surface area (Å²) in [4.78, 5) is 39.3. The highest BCUT2D eigenvalue weighted by Gasteiger charge is 2.29. The van der Waals surface area contributed by atoms with E-state index in [2.05, 4.69) is 10.6 Å². The van der Waals surface area contributed by atoms with E-state index in [0.29, 0.717) is 24.2 Å². The summed E-state index contributed by atoms with van der Waals surface area (Å²) in [7, 11) is 1.44. The van der Waals surface area contributed by atoms with Crippen LogP contribution in [-0.2, 0) is 0 Å². The topological polar surface area (TPSA) is 108 Å². The number of para-hydroxylation sites is 1. The van der Waals surface area contributed by atoms with Crippen LogP contribution in [0.4, 0.5) is 17.1 Å². The molecule has 0 radical (unpaired) electrons. The summed E-state index contributed by atoms with van der Waals surface area (Å²) >= 11 is 0. The van der Waals surface area contributed by atoms with Gasteiger partial charge in [0, 0.05) is 13.1 Å². The molecule has 0 saturated carbocycles. The molecular formula is C25H27N3O5. The van der Waals surface area contributed by atoms with Crippen molar-refractivity contribution in [3.05, 3.63) is 80.1 Å². The van der Waals surface area contributed by atoms with Gasteiger partial charge >= 0.3 is 0 Å². The lowest BCUT2D eigenvalue weighted by Crippen LogP contribution is -2.37. The van der Waals surface area contributed by atoms with Crippen molar-refractivity contribution < 1.29 is 14.6 Å². The van der Waals surface area contributed by atoms with Crippen LogP contribution >= 0.6 is 0 Å². The summed E-state index contributed by atoms with van der Waals surface area (Å²) < 4.78 is 5.51. The largest absolute Gasteiger partial charge is 0.494 e. The Balaban J connectivity index is 1.61. The summed E-state index contributed by atoms with van der Waals surface area (Å²) in [6.45, 7) is 2.73. The van der Waals surface area contributed by atoms with E-state index in [1.165, 1.54) is 7.11 Å². The van der Waals surface area contributed by atoms with E-state index in [0.717, 1.165) is 12.0 Å². The molecular weight excluding hydrogens is 422 g/mol. The molecule has 1 fully saturated rings. The summed E-state index contributed by atoms with van der Waals surface area (Å²) in [5.41, 5.74) is 0.903. The predicted molar refractivity (Wildman–Crippen MR) is 127 cm³/mol. The number of aliphatic hydroxyl groups excluding tert-OH is 1. The number of nitrogens with zero attached hydrogens (tertiary/aromatic N) is 1. The Morgan fingerprint density at radius 2 is 1.85 bits per heavy atom. The molecule has 3 N–H and O–H groups in total. The van der Waals surface area contributed by atoms with Gasteiger partial charge < -0.3 is 25.4 Å². The van der Waals surface area contributed by atoms with Gasteiger partial charge in [-0.1, -0.05) is 43.3 Å². The Bertz CT molecular complexity index is 1220. The number of carbonyl (C=O) groups excluding carboxylic acids is 1. The fourth-order valence-electron chi connectivity index (χ4n) is 4.18. The van der Waals surface area contributed by atoms with Crippen molar-refractivity contribution in [2.75, 3.05) is 30.8 Å². The van der Waals surface area contributed by atoms with E-state index in [1.807, 2.05) is 37.3 Å². The minimum Gasteiger partial charge on any atom is -0.494 e. The second-order valence-electron chi connectivity index (χ2n) is 8.13. The molecule has 1 saturated heterocycles. The second-order valence-corrected chi connectivity index (χ2v) is 8.13. The Morgan fingerprint density at radius 3 is 2.48 bits per heavy atom. The number of amides is 1. The third-order valence-corrected chi connectivity index (χ3v) is 6.00. The summed E-state index contributed by atoms with van der Waals surface area (Å²) in [5, 5.41) is 16.0. The van der Waals surface area contributed by atoms with Crippen LogP contribution in [0.5, 0.6) is 5.75 Å². The number of carbonyl (C=O) groups is 1. The van der Waals surface area contributed by atoms with Crippen LogP contribution in [0.15, 0.2) is 58.1 Å². The normalized spacial score (nSPS) is 16.6. The highest BCUT2D eigenvalue weighted by atomic mass is 16.5. The third kappa shape index (κ3) is 4.34. The van der Waals surface area contributed by atoms with Gasteiger partial charge in [0.25, 0.3) is 16.8 Å². The van der Waals surface area contributed by atoms with E-state index in [1.54, 1.807) is 23.1 Å². The fraction of sp³-hybridized carbons (Fsp3) is 0.320. The number of methoxy groups -OCH3 is 1. The number of benzene rings is 2. The number of likely N-dealkylation sites (tertiary alicyclic amines) is 1. The molecule has 0 bridgehead atoms. The van der Waals surface area contributed by atoms with Crippen LogP contribution in [0.1, 0.15) is 41.7 Å². The number of hydrogen-bond donors (Lipinski definition) is 3. The molecule has 0 aliphatic carbocycles. The molecule has 4 rings (SSSR count). The van der Waals surface area contributed by atoms with Gasteiger partial charge in [-0.2, -0.15) is 0 Å². The fourth-order valence-corrected chi connectivity index (χ4v) is 4.18. The molecule has 1 aliphatic rings. The number of hydrogen-bond acceptors (Lipinski definition) is 7. The maximum absolute atomic E-state index is 13.0. The smallest absolute Gasteiger partial charge is 0.257 e. The van der Waals surface area contributed by atoms with E-state index < -0.39 is 17.0 Å². The van der Waals surface area contributed by atoms with Gasteiger partial charge in [0.05, 0.1) is 30.5 Å². The van der Waals surface area contributed by atoms with Crippen LogP contribution in [0.25, 0.3) is 0 Å². The van der Waals surface area contributed by atoms with Gasteiger partial charge in [0.15, 0.2) is 5.75 Å². The predicted octanol–water partition coefficient (Wildman–Crippen LogP) is 2.80. The Kier molecular flexibility index (Phi) is 6.46. The first-order valence-corrected chi connectivity index (χ1v) is 11.0. The van der Waals surface area contributed by atoms with Crippen LogP contribution in [0.2, 0.25) is 0 Å². The molecule has 172 valence electrons. The van der Waals surface area contributed by atoms with Crippen LogP contribution in [-0.4, -0.2) is 42.2 Å². The average molecular weight is 450 g/mol. The van der Waals surface area contributed by atoms with Crippen molar-refractivity contribution in [2.24, 2.45) is 0 Å². The third-order valence-electron chi connectivity index (χ3n) is 6.00. The van der Waals surface area contributed by atoms with E-state index in [4.69, 9.17) is 4.74 Å². The van der Waals surface area contributed by atoms with Crippen molar-refractivity contribution >= 4 is 23.0 Å². The molecule has 33 heavy (non-hydrogen) atoms. The van der Waals surface area contributed by atoms with Crippen LogP contribution in [0.3, 0.4) is 0 Å². The molecule has 8 heteroatoms. The lowest BCUT2D eigenvalue weighted by Gasteiger charge is -2.23. The summed E-state index contributed by atoms with van der Waals surface area (Å²) in [6, 6.07) is 14.6. The number of β-amino-alcohol motifs (C(OH)–C–C–N with tert-alkyl or cyclic N) is 1. The van der Waals surface area contributed by atoms with Crippen molar-refractivity contribution in [3.63, 3.8) is 0 Å². The molecule has 1 aliphatic heterocycles. The van der Waals surface area contributed by atoms with Crippen molar-refractivity contribution in [2.45, 2.75) is 31.9 Å². The molecule has 3 aromatic rings.